The number of para-hydroxylation sites is 1. The summed E-state index contributed by atoms with van der Waals surface area (Å²) in [6.45, 7) is 10.9. The summed E-state index contributed by atoms with van der Waals surface area (Å²) in [5.74, 6) is 0.744. The Kier molecular flexibility index (Phi) is 5.41. The second-order valence-electron chi connectivity index (χ2n) is 8.72. The number of nitrogens with zero attached hydrogens (tertiary/aromatic N) is 1. The fourth-order valence-electron chi connectivity index (χ4n) is 4.36. The Morgan fingerprint density at radius 2 is 1.81 bits per heavy atom. The van der Waals surface area contributed by atoms with Gasteiger partial charge in [0.1, 0.15) is 11.5 Å². The number of aromatic nitrogens is 1. The highest BCUT2D eigenvalue weighted by atomic mass is 16.5. The Labute approximate surface area is 187 Å². The zero-order valence-corrected chi connectivity index (χ0v) is 19.4. The molecule has 1 N–H and O–H groups in total. The first-order valence-corrected chi connectivity index (χ1v) is 10.8. The number of nitrogens with one attached hydrogen (secondary N) is 1. The zero-order valence-electron chi connectivity index (χ0n) is 19.4. The van der Waals surface area contributed by atoms with Crippen LogP contribution in [0.4, 0.5) is 5.69 Å². The number of esters is 1. The molecular weight excluding hydrogens is 404 g/mol. The lowest BCUT2D eigenvalue weighted by molar-refractivity contribution is -0.132. The number of carbonyl (C=O) groups is 2. The number of aryl methyl sites for hydroxylation is 1. The predicted octanol–water partition coefficient (Wildman–Crippen LogP) is 5.12. The molecule has 1 aliphatic rings. The third-order valence-electron chi connectivity index (χ3n) is 6.31. The van der Waals surface area contributed by atoms with Gasteiger partial charge in [0, 0.05) is 30.0 Å². The third kappa shape index (κ3) is 3.70. The molecule has 166 valence electrons. The maximum atomic E-state index is 13.4. The van der Waals surface area contributed by atoms with Crippen molar-refractivity contribution in [1.82, 2.24) is 4.98 Å². The lowest BCUT2D eigenvalue weighted by Crippen LogP contribution is -2.48. The summed E-state index contributed by atoms with van der Waals surface area (Å²) in [4.78, 5) is 29.5. The van der Waals surface area contributed by atoms with Crippen molar-refractivity contribution in [3.8, 4) is 11.5 Å². The smallest absolute Gasteiger partial charge is 0.308 e. The summed E-state index contributed by atoms with van der Waals surface area (Å²) in [5, 5.41) is 3.97. The number of anilines is 1. The van der Waals surface area contributed by atoms with Gasteiger partial charge in [-0.15, -0.1) is 0 Å². The summed E-state index contributed by atoms with van der Waals surface area (Å²) in [6.07, 6.45) is 1.16. The number of hydrogen-bond acceptors (Lipinski definition) is 5. The number of ether oxygens (including phenoxy) is 2. The van der Waals surface area contributed by atoms with E-state index in [1.807, 2.05) is 65.0 Å². The van der Waals surface area contributed by atoms with Gasteiger partial charge < -0.3 is 14.8 Å². The predicted molar refractivity (Wildman–Crippen MR) is 124 cm³/mol. The number of hydrogen-bond donors (Lipinski definition) is 1. The minimum atomic E-state index is -1.03. The molecule has 0 fully saturated rings. The van der Waals surface area contributed by atoms with E-state index in [1.165, 1.54) is 6.92 Å². The summed E-state index contributed by atoms with van der Waals surface area (Å²) in [5.41, 5.74) is 4.96. The van der Waals surface area contributed by atoms with Crippen LogP contribution in [-0.4, -0.2) is 22.5 Å². The molecule has 0 aliphatic carbocycles. The molecule has 32 heavy (non-hydrogen) atoms. The molecular formula is C26H28N2O4. The van der Waals surface area contributed by atoms with Gasteiger partial charge in [0.15, 0.2) is 5.60 Å². The molecule has 1 unspecified atom stereocenters. The van der Waals surface area contributed by atoms with E-state index in [4.69, 9.17) is 9.47 Å². The molecule has 0 spiro atoms. The minimum Gasteiger partial charge on any atom is -0.477 e. The van der Waals surface area contributed by atoms with Crippen LogP contribution >= 0.6 is 0 Å². The van der Waals surface area contributed by atoms with E-state index in [2.05, 4.69) is 10.3 Å². The molecule has 4 rings (SSSR count). The maximum Gasteiger partial charge on any atom is 0.308 e. The van der Waals surface area contributed by atoms with Crippen LogP contribution in [0.15, 0.2) is 30.3 Å². The number of rotatable bonds is 3. The van der Waals surface area contributed by atoms with Crippen LogP contribution in [0.25, 0.3) is 10.9 Å². The second kappa shape index (κ2) is 7.93. The summed E-state index contributed by atoms with van der Waals surface area (Å²) in [6, 6.07) is 9.62. The van der Waals surface area contributed by atoms with E-state index < -0.39 is 5.60 Å². The molecule has 1 amide bonds. The standard InChI is InChI=1S/C26H28N2O4/c1-14-13-22(20-9-7-8-10-21(20)27-14)28-25(30)26(6)12-11-19-17(4)23(31-18(5)29)15(2)16(3)24(19)32-26/h7-10,13H,11-12H2,1-6H3,(H,27,28,30). The van der Waals surface area contributed by atoms with E-state index in [-0.39, 0.29) is 11.9 Å². The number of fused-ring (bicyclic) bond motifs is 2. The van der Waals surface area contributed by atoms with Crippen molar-refractivity contribution < 1.29 is 19.1 Å². The minimum absolute atomic E-state index is 0.197. The van der Waals surface area contributed by atoms with Crippen LogP contribution in [0.2, 0.25) is 0 Å². The normalized spacial score (nSPS) is 17.4. The van der Waals surface area contributed by atoms with E-state index in [9.17, 15) is 9.59 Å². The highest BCUT2D eigenvalue weighted by Crippen LogP contribution is 2.44. The summed E-state index contributed by atoms with van der Waals surface area (Å²) in [7, 11) is 0. The Hall–Kier alpha value is -3.41. The summed E-state index contributed by atoms with van der Waals surface area (Å²) >= 11 is 0. The second-order valence-corrected chi connectivity index (χ2v) is 8.72. The summed E-state index contributed by atoms with van der Waals surface area (Å²) < 4.78 is 11.9. The van der Waals surface area contributed by atoms with E-state index in [0.717, 1.165) is 44.5 Å². The van der Waals surface area contributed by atoms with Crippen LogP contribution in [0.3, 0.4) is 0 Å². The van der Waals surface area contributed by atoms with Gasteiger partial charge in [-0.3, -0.25) is 14.6 Å². The van der Waals surface area contributed by atoms with Crippen LogP contribution in [0.5, 0.6) is 11.5 Å². The molecule has 6 heteroatoms. The van der Waals surface area contributed by atoms with Crippen LogP contribution in [-0.2, 0) is 16.0 Å². The van der Waals surface area contributed by atoms with Gasteiger partial charge in [-0.1, -0.05) is 18.2 Å². The monoisotopic (exact) mass is 432 g/mol. The fourth-order valence-corrected chi connectivity index (χ4v) is 4.36. The fraction of sp³-hybridized carbons (Fsp3) is 0.346. The van der Waals surface area contributed by atoms with Gasteiger partial charge in [-0.2, -0.15) is 0 Å². The number of carbonyl (C=O) groups excluding carboxylic acids is 2. The van der Waals surface area contributed by atoms with Gasteiger partial charge in [0.05, 0.1) is 11.2 Å². The highest BCUT2D eigenvalue weighted by Gasteiger charge is 2.41. The number of pyridine rings is 1. The van der Waals surface area contributed by atoms with E-state index >= 15 is 0 Å². The number of amides is 1. The van der Waals surface area contributed by atoms with Crippen LogP contribution < -0.4 is 14.8 Å². The molecule has 0 bridgehead atoms. The van der Waals surface area contributed by atoms with E-state index in [0.29, 0.717) is 24.3 Å². The molecule has 0 radical (unpaired) electrons. The average molecular weight is 433 g/mol. The van der Waals surface area contributed by atoms with E-state index in [1.54, 1.807) is 0 Å². The molecule has 2 aromatic carbocycles. The van der Waals surface area contributed by atoms with Crippen LogP contribution in [0.1, 0.15) is 48.2 Å². The Morgan fingerprint density at radius 3 is 2.53 bits per heavy atom. The van der Waals surface area contributed by atoms with Crippen LogP contribution in [0, 0.1) is 27.7 Å². The Balaban J connectivity index is 1.68. The molecule has 6 nitrogen and oxygen atoms in total. The first-order valence-electron chi connectivity index (χ1n) is 10.8. The number of benzene rings is 2. The molecule has 1 atom stereocenters. The first-order chi connectivity index (χ1) is 15.1. The van der Waals surface area contributed by atoms with Crippen molar-refractivity contribution in [1.29, 1.82) is 0 Å². The first kappa shape index (κ1) is 21.8. The largest absolute Gasteiger partial charge is 0.477 e. The van der Waals surface area contributed by atoms with Gasteiger partial charge in [0.25, 0.3) is 5.91 Å². The van der Waals surface area contributed by atoms with Crippen molar-refractivity contribution in [3.05, 3.63) is 58.3 Å². The lowest BCUT2D eigenvalue weighted by Gasteiger charge is -2.37. The zero-order chi connectivity index (χ0) is 23.2. The highest BCUT2D eigenvalue weighted by molar-refractivity contribution is 6.04. The molecule has 1 aromatic heterocycles. The maximum absolute atomic E-state index is 13.4. The average Bonchev–Trinajstić information content (AvgIpc) is 2.74. The van der Waals surface area contributed by atoms with Crippen molar-refractivity contribution in [3.63, 3.8) is 0 Å². The quantitative estimate of drug-likeness (QED) is 0.459. The van der Waals surface area contributed by atoms with Gasteiger partial charge in [-0.25, -0.2) is 0 Å². The molecule has 0 saturated heterocycles. The third-order valence-corrected chi connectivity index (χ3v) is 6.31. The molecule has 2 heterocycles. The lowest BCUT2D eigenvalue weighted by atomic mass is 9.86. The Morgan fingerprint density at radius 1 is 1.09 bits per heavy atom. The molecule has 3 aromatic rings. The van der Waals surface area contributed by atoms with Gasteiger partial charge >= 0.3 is 5.97 Å². The molecule has 1 aliphatic heterocycles. The van der Waals surface area contributed by atoms with Gasteiger partial charge in [-0.05, 0) is 69.9 Å². The van der Waals surface area contributed by atoms with Crippen molar-refractivity contribution >= 4 is 28.5 Å². The van der Waals surface area contributed by atoms with Crippen molar-refractivity contribution in [2.45, 2.75) is 60.0 Å². The SMILES string of the molecule is CC(=O)Oc1c(C)c(C)c2c(c1C)CCC(C)(C(=O)Nc1cc(C)nc3ccccc13)O2. The Bertz CT molecular complexity index is 1260. The molecule has 0 saturated carbocycles. The van der Waals surface area contributed by atoms with Crippen molar-refractivity contribution in [2.75, 3.05) is 5.32 Å². The van der Waals surface area contributed by atoms with Gasteiger partial charge in [0.2, 0.25) is 0 Å². The van der Waals surface area contributed by atoms with Crippen molar-refractivity contribution in [2.24, 2.45) is 0 Å². The topological polar surface area (TPSA) is 77.5 Å².